The van der Waals surface area contributed by atoms with E-state index in [4.69, 9.17) is 0 Å². The molecule has 0 bridgehead atoms. The van der Waals surface area contributed by atoms with E-state index in [9.17, 15) is 5.26 Å². The van der Waals surface area contributed by atoms with Crippen LogP contribution in [0, 0.1) is 18.3 Å². The molecule has 4 nitrogen and oxygen atoms in total. The van der Waals surface area contributed by atoms with Gasteiger partial charge < -0.3 is 4.90 Å². The number of hydrogen-bond acceptors (Lipinski definition) is 4. The molecule has 2 aliphatic rings. The molecule has 2 unspecified atom stereocenters. The van der Waals surface area contributed by atoms with Crippen LogP contribution >= 0.6 is 0 Å². The van der Waals surface area contributed by atoms with Crippen LogP contribution in [0.1, 0.15) is 30.9 Å². The van der Waals surface area contributed by atoms with Gasteiger partial charge in [-0.1, -0.05) is 0 Å². The van der Waals surface area contributed by atoms with Gasteiger partial charge in [0.2, 0.25) is 0 Å². The van der Waals surface area contributed by atoms with Gasteiger partial charge in [0.05, 0.1) is 5.56 Å². The number of aryl methyl sites for hydroxylation is 1. The lowest BCUT2D eigenvalue weighted by Gasteiger charge is -2.43. The minimum atomic E-state index is 0.427. The van der Waals surface area contributed by atoms with Gasteiger partial charge in [-0.2, -0.15) is 5.26 Å². The molecule has 2 aliphatic heterocycles. The third-order valence-corrected chi connectivity index (χ3v) is 4.46. The number of anilines is 1. The Hall–Kier alpha value is -1.60. The molecule has 2 fully saturated rings. The van der Waals surface area contributed by atoms with Crippen molar-refractivity contribution in [2.24, 2.45) is 0 Å². The first-order valence-corrected chi connectivity index (χ1v) is 7.07. The Labute approximate surface area is 114 Å². The van der Waals surface area contributed by atoms with E-state index >= 15 is 0 Å². The normalized spacial score (nSPS) is 27.1. The number of hydrogen-bond donors (Lipinski definition) is 0. The average molecular weight is 256 g/mol. The SMILES string of the molecule is Cc1ccnc(N2CC3CCCN3CC2C)c1C#N. The molecule has 0 saturated carbocycles. The highest BCUT2D eigenvalue weighted by Gasteiger charge is 2.35. The number of piperazine rings is 1. The van der Waals surface area contributed by atoms with E-state index in [1.54, 1.807) is 0 Å². The fraction of sp³-hybridized carbons (Fsp3) is 0.600. The summed E-state index contributed by atoms with van der Waals surface area (Å²) in [4.78, 5) is 9.40. The maximum atomic E-state index is 9.38. The van der Waals surface area contributed by atoms with E-state index in [1.165, 1.54) is 19.4 Å². The van der Waals surface area contributed by atoms with Gasteiger partial charge >= 0.3 is 0 Å². The number of pyridine rings is 1. The molecule has 2 saturated heterocycles. The Balaban J connectivity index is 1.94. The highest BCUT2D eigenvalue weighted by atomic mass is 15.3. The Bertz CT molecular complexity index is 519. The molecule has 0 radical (unpaired) electrons. The summed E-state index contributed by atoms with van der Waals surface area (Å²) >= 11 is 0. The van der Waals surface area contributed by atoms with Crippen LogP contribution in [0.4, 0.5) is 5.82 Å². The van der Waals surface area contributed by atoms with Crippen LogP contribution < -0.4 is 4.90 Å². The van der Waals surface area contributed by atoms with E-state index in [0.29, 0.717) is 12.1 Å². The van der Waals surface area contributed by atoms with E-state index < -0.39 is 0 Å². The van der Waals surface area contributed by atoms with Crippen molar-refractivity contribution in [1.82, 2.24) is 9.88 Å². The molecule has 1 aromatic heterocycles. The molecule has 3 rings (SSSR count). The standard InChI is InChI=1S/C15H20N4/c1-11-5-6-17-15(14(11)8-16)19-10-13-4-3-7-18(13)9-12(19)2/h5-6,12-13H,3-4,7,9-10H2,1-2H3. The lowest BCUT2D eigenvalue weighted by atomic mass is 10.1. The number of nitrogens with zero attached hydrogens (tertiary/aromatic N) is 4. The minimum Gasteiger partial charge on any atom is -0.350 e. The van der Waals surface area contributed by atoms with Crippen molar-refractivity contribution in [2.75, 3.05) is 24.5 Å². The van der Waals surface area contributed by atoms with Crippen LogP contribution in [0.25, 0.3) is 0 Å². The van der Waals surface area contributed by atoms with Crippen LogP contribution in [0.2, 0.25) is 0 Å². The summed E-state index contributed by atoms with van der Waals surface area (Å²) in [5, 5.41) is 9.38. The summed E-state index contributed by atoms with van der Waals surface area (Å²) in [6.07, 6.45) is 4.40. The van der Waals surface area contributed by atoms with Crippen molar-refractivity contribution in [2.45, 2.75) is 38.8 Å². The lowest BCUT2D eigenvalue weighted by Crippen LogP contribution is -2.55. The van der Waals surface area contributed by atoms with Crippen LogP contribution in [-0.2, 0) is 0 Å². The Morgan fingerprint density at radius 3 is 3.05 bits per heavy atom. The number of rotatable bonds is 1. The minimum absolute atomic E-state index is 0.427. The predicted molar refractivity (Wildman–Crippen MR) is 75.1 cm³/mol. The Morgan fingerprint density at radius 1 is 1.42 bits per heavy atom. The van der Waals surface area contributed by atoms with E-state index in [-0.39, 0.29) is 0 Å². The second-order valence-corrected chi connectivity index (χ2v) is 5.73. The molecule has 1 aromatic rings. The molecule has 0 spiro atoms. The first kappa shape index (κ1) is 12.4. The maximum Gasteiger partial charge on any atom is 0.147 e. The van der Waals surface area contributed by atoms with Gasteiger partial charge in [-0.25, -0.2) is 4.98 Å². The third-order valence-electron chi connectivity index (χ3n) is 4.46. The molecule has 0 aliphatic carbocycles. The van der Waals surface area contributed by atoms with Crippen LogP contribution in [-0.4, -0.2) is 41.6 Å². The van der Waals surface area contributed by atoms with Gasteiger partial charge in [0.25, 0.3) is 0 Å². The molecular weight excluding hydrogens is 236 g/mol. The molecule has 19 heavy (non-hydrogen) atoms. The molecular formula is C15H20N4. The fourth-order valence-corrected chi connectivity index (χ4v) is 3.38. The predicted octanol–water partition coefficient (Wildman–Crippen LogP) is 1.93. The molecule has 4 heteroatoms. The maximum absolute atomic E-state index is 9.38. The molecule has 2 atom stereocenters. The molecule has 3 heterocycles. The molecule has 0 N–H and O–H groups in total. The van der Waals surface area contributed by atoms with Crippen LogP contribution in [0.3, 0.4) is 0 Å². The largest absolute Gasteiger partial charge is 0.350 e. The van der Waals surface area contributed by atoms with Crippen molar-refractivity contribution in [3.8, 4) is 6.07 Å². The quantitative estimate of drug-likeness (QED) is 0.770. The van der Waals surface area contributed by atoms with Gasteiger partial charge in [0, 0.05) is 31.4 Å². The fourth-order valence-electron chi connectivity index (χ4n) is 3.38. The summed E-state index contributed by atoms with van der Waals surface area (Å²) in [6.45, 7) is 7.55. The van der Waals surface area contributed by atoms with Crippen molar-refractivity contribution < 1.29 is 0 Å². The van der Waals surface area contributed by atoms with Crippen molar-refractivity contribution in [1.29, 1.82) is 5.26 Å². The van der Waals surface area contributed by atoms with Gasteiger partial charge in [-0.05, 0) is 44.9 Å². The summed E-state index contributed by atoms with van der Waals surface area (Å²) < 4.78 is 0. The molecule has 0 amide bonds. The first-order valence-electron chi connectivity index (χ1n) is 7.07. The topological polar surface area (TPSA) is 43.2 Å². The zero-order chi connectivity index (χ0) is 13.4. The monoisotopic (exact) mass is 256 g/mol. The van der Waals surface area contributed by atoms with Crippen LogP contribution in [0.5, 0.6) is 0 Å². The van der Waals surface area contributed by atoms with Gasteiger partial charge in [0.1, 0.15) is 11.9 Å². The molecule has 100 valence electrons. The second-order valence-electron chi connectivity index (χ2n) is 5.73. The third kappa shape index (κ3) is 2.08. The average Bonchev–Trinajstić information content (AvgIpc) is 2.84. The summed E-state index contributed by atoms with van der Waals surface area (Å²) in [5.41, 5.74) is 1.76. The van der Waals surface area contributed by atoms with Crippen molar-refractivity contribution in [3.05, 3.63) is 23.4 Å². The van der Waals surface area contributed by atoms with Gasteiger partial charge in [-0.3, -0.25) is 4.90 Å². The highest BCUT2D eigenvalue weighted by Crippen LogP contribution is 2.29. The smallest absolute Gasteiger partial charge is 0.147 e. The lowest BCUT2D eigenvalue weighted by molar-refractivity contribution is 0.202. The zero-order valence-corrected chi connectivity index (χ0v) is 11.6. The summed E-state index contributed by atoms with van der Waals surface area (Å²) in [5.74, 6) is 0.876. The second kappa shape index (κ2) is 4.82. The Kier molecular flexibility index (Phi) is 3.16. The number of aromatic nitrogens is 1. The summed E-state index contributed by atoms with van der Waals surface area (Å²) in [7, 11) is 0. The van der Waals surface area contributed by atoms with E-state index in [1.807, 2.05) is 19.2 Å². The van der Waals surface area contributed by atoms with Gasteiger partial charge in [0.15, 0.2) is 0 Å². The highest BCUT2D eigenvalue weighted by molar-refractivity contribution is 5.58. The number of nitriles is 1. The van der Waals surface area contributed by atoms with E-state index in [0.717, 1.165) is 30.0 Å². The zero-order valence-electron chi connectivity index (χ0n) is 11.6. The van der Waals surface area contributed by atoms with Crippen molar-refractivity contribution >= 4 is 5.82 Å². The summed E-state index contributed by atoms with van der Waals surface area (Å²) in [6, 6.07) is 5.31. The molecule has 0 aromatic carbocycles. The van der Waals surface area contributed by atoms with Crippen molar-refractivity contribution in [3.63, 3.8) is 0 Å². The van der Waals surface area contributed by atoms with Crippen LogP contribution in [0.15, 0.2) is 12.3 Å². The number of fused-ring (bicyclic) bond motifs is 1. The first-order chi connectivity index (χ1) is 9.20. The Morgan fingerprint density at radius 2 is 2.26 bits per heavy atom. The van der Waals surface area contributed by atoms with Gasteiger partial charge in [-0.15, -0.1) is 0 Å². The van der Waals surface area contributed by atoms with E-state index in [2.05, 4.69) is 27.8 Å².